The predicted octanol–water partition coefficient (Wildman–Crippen LogP) is 1.80. The van der Waals surface area contributed by atoms with Crippen molar-refractivity contribution in [3.05, 3.63) is 42.0 Å². The Balaban J connectivity index is 2.33. The van der Waals surface area contributed by atoms with Crippen LogP contribution in [0.5, 0.6) is 0 Å². The van der Waals surface area contributed by atoms with Crippen molar-refractivity contribution in [3.63, 3.8) is 0 Å². The zero-order valence-electron chi connectivity index (χ0n) is 10.2. The van der Waals surface area contributed by atoms with Gasteiger partial charge < -0.3 is 9.64 Å². The summed E-state index contributed by atoms with van der Waals surface area (Å²) in [6, 6.07) is 10.0. The third-order valence-electron chi connectivity index (χ3n) is 3.09. The molecule has 1 aromatic rings. The molecule has 2 rings (SSSR count). The molecule has 1 heterocycles. The number of benzene rings is 1. The number of ether oxygens (including phenoxy) is 1. The van der Waals surface area contributed by atoms with Gasteiger partial charge in [0.25, 0.3) is 0 Å². The smallest absolute Gasteiger partial charge is 0.314 e. The van der Waals surface area contributed by atoms with Crippen LogP contribution < -0.4 is 0 Å². The van der Waals surface area contributed by atoms with Crippen LogP contribution in [0.1, 0.15) is 5.56 Å². The van der Waals surface area contributed by atoms with Crippen molar-refractivity contribution in [1.82, 2.24) is 4.90 Å². The first-order valence-corrected chi connectivity index (χ1v) is 5.74. The van der Waals surface area contributed by atoms with Crippen molar-refractivity contribution >= 4 is 11.5 Å². The van der Waals surface area contributed by atoms with Gasteiger partial charge in [-0.25, -0.2) is 0 Å². The van der Waals surface area contributed by atoms with E-state index in [0.717, 1.165) is 17.7 Å². The van der Waals surface area contributed by atoms with Gasteiger partial charge in [-0.3, -0.25) is 4.79 Å². The van der Waals surface area contributed by atoms with Crippen molar-refractivity contribution in [3.8, 4) is 0 Å². The van der Waals surface area contributed by atoms with Crippen molar-refractivity contribution in [2.45, 2.75) is 0 Å². The number of likely N-dealkylation sites (N-methyl/N-ethyl adjacent to an activating group) is 1. The summed E-state index contributed by atoms with van der Waals surface area (Å²) in [5.41, 5.74) is 2.19. The number of hydrogen-bond donors (Lipinski definition) is 0. The molecule has 0 radical (unpaired) electrons. The second-order valence-electron chi connectivity index (χ2n) is 4.32. The lowest BCUT2D eigenvalue weighted by Crippen LogP contribution is -2.35. The molecule has 90 valence electrons. The zero-order valence-corrected chi connectivity index (χ0v) is 10.2. The quantitative estimate of drug-likeness (QED) is 0.727. The SMILES string of the molecule is COC(=O)C1CN(C)CC=C1c1ccccc1. The van der Waals surface area contributed by atoms with Crippen LogP contribution in [0.4, 0.5) is 0 Å². The van der Waals surface area contributed by atoms with E-state index in [1.165, 1.54) is 7.11 Å². The molecule has 0 aromatic heterocycles. The third kappa shape index (κ3) is 2.56. The molecule has 17 heavy (non-hydrogen) atoms. The fourth-order valence-corrected chi connectivity index (χ4v) is 2.17. The fourth-order valence-electron chi connectivity index (χ4n) is 2.17. The van der Waals surface area contributed by atoms with Gasteiger partial charge >= 0.3 is 5.97 Å². The van der Waals surface area contributed by atoms with Crippen LogP contribution in [-0.4, -0.2) is 38.1 Å². The number of methoxy groups -OCH3 is 1. The summed E-state index contributed by atoms with van der Waals surface area (Å²) in [5.74, 6) is -0.340. The van der Waals surface area contributed by atoms with E-state index in [2.05, 4.69) is 11.0 Å². The molecule has 0 bridgehead atoms. The maximum Gasteiger partial charge on any atom is 0.314 e. The third-order valence-corrected chi connectivity index (χ3v) is 3.09. The van der Waals surface area contributed by atoms with Gasteiger partial charge in [-0.2, -0.15) is 0 Å². The predicted molar refractivity (Wildman–Crippen MR) is 67.4 cm³/mol. The number of carbonyl (C=O) groups is 1. The average Bonchev–Trinajstić information content (AvgIpc) is 2.38. The van der Waals surface area contributed by atoms with Crippen molar-refractivity contribution in [2.24, 2.45) is 5.92 Å². The molecule has 0 saturated heterocycles. The summed E-state index contributed by atoms with van der Waals surface area (Å²) >= 11 is 0. The Morgan fingerprint density at radius 3 is 2.71 bits per heavy atom. The molecule has 0 fully saturated rings. The van der Waals surface area contributed by atoms with Crippen molar-refractivity contribution < 1.29 is 9.53 Å². The fraction of sp³-hybridized carbons (Fsp3) is 0.357. The molecular weight excluding hydrogens is 214 g/mol. The Morgan fingerprint density at radius 2 is 2.06 bits per heavy atom. The van der Waals surface area contributed by atoms with E-state index in [1.807, 2.05) is 37.4 Å². The van der Waals surface area contributed by atoms with Crippen LogP contribution in [0.2, 0.25) is 0 Å². The summed E-state index contributed by atoms with van der Waals surface area (Å²) in [7, 11) is 3.45. The van der Waals surface area contributed by atoms with E-state index in [1.54, 1.807) is 0 Å². The molecule has 0 saturated carbocycles. The Hall–Kier alpha value is -1.61. The van der Waals surface area contributed by atoms with Crippen LogP contribution in [0.3, 0.4) is 0 Å². The highest BCUT2D eigenvalue weighted by atomic mass is 16.5. The first-order valence-electron chi connectivity index (χ1n) is 5.74. The van der Waals surface area contributed by atoms with E-state index in [4.69, 9.17) is 4.74 Å². The van der Waals surface area contributed by atoms with E-state index in [-0.39, 0.29) is 11.9 Å². The summed E-state index contributed by atoms with van der Waals surface area (Å²) in [4.78, 5) is 13.9. The van der Waals surface area contributed by atoms with Gasteiger partial charge in [0.1, 0.15) is 0 Å². The summed E-state index contributed by atoms with van der Waals surface area (Å²) in [6.45, 7) is 1.59. The highest BCUT2D eigenvalue weighted by molar-refractivity contribution is 5.89. The number of esters is 1. The number of carbonyl (C=O) groups excluding carboxylic acids is 1. The molecule has 1 aliphatic rings. The molecule has 1 aliphatic heterocycles. The molecule has 0 N–H and O–H groups in total. The molecule has 1 atom stereocenters. The highest BCUT2D eigenvalue weighted by Crippen LogP contribution is 2.28. The second-order valence-corrected chi connectivity index (χ2v) is 4.32. The summed E-state index contributed by atoms with van der Waals surface area (Å²) in [5, 5.41) is 0. The van der Waals surface area contributed by atoms with Gasteiger partial charge in [-0.15, -0.1) is 0 Å². The number of hydrogen-bond acceptors (Lipinski definition) is 3. The number of rotatable bonds is 2. The molecular formula is C14H17NO2. The van der Waals surface area contributed by atoms with Gasteiger partial charge in [0, 0.05) is 13.1 Å². The maximum atomic E-state index is 11.8. The Bertz CT molecular complexity index is 425. The lowest BCUT2D eigenvalue weighted by Gasteiger charge is -2.28. The largest absolute Gasteiger partial charge is 0.469 e. The Labute approximate surface area is 102 Å². The average molecular weight is 231 g/mol. The van der Waals surface area contributed by atoms with Gasteiger partial charge in [-0.1, -0.05) is 36.4 Å². The standard InChI is InChI=1S/C14H17NO2/c1-15-9-8-12(11-6-4-3-5-7-11)13(10-15)14(16)17-2/h3-8,13H,9-10H2,1-2H3. The van der Waals surface area contributed by atoms with Crippen LogP contribution in [0.25, 0.3) is 5.57 Å². The minimum absolute atomic E-state index is 0.161. The van der Waals surface area contributed by atoms with Crippen molar-refractivity contribution in [2.75, 3.05) is 27.2 Å². The van der Waals surface area contributed by atoms with Gasteiger partial charge in [0.2, 0.25) is 0 Å². The van der Waals surface area contributed by atoms with Crippen LogP contribution in [0, 0.1) is 5.92 Å². The minimum Gasteiger partial charge on any atom is -0.469 e. The van der Waals surface area contributed by atoms with E-state index >= 15 is 0 Å². The normalized spacial score (nSPS) is 20.8. The Kier molecular flexibility index (Phi) is 3.59. The monoisotopic (exact) mass is 231 g/mol. The van der Waals surface area contributed by atoms with Gasteiger partial charge in [0.15, 0.2) is 0 Å². The molecule has 0 amide bonds. The molecule has 0 aliphatic carbocycles. The molecule has 0 spiro atoms. The van der Waals surface area contributed by atoms with Gasteiger partial charge in [-0.05, 0) is 18.2 Å². The maximum absolute atomic E-state index is 11.8. The van der Waals surface area contributed by atoms with Crippen LogP contribution in [0.15, 0.2) is 36.4 Å². The lowest BCUT2D eigenvalue weighted by molar-refractivity contribution is -0.143. The second kappa shape index (κ2) is 5.15. The van der Waals surface area contributed by atoms with E-state index < -0.39 is 0 Å². The van der Waals surface area contributed by atoms with Crippen LogP contribution >= 0.6 is 0 Å². The summed E-state index contributed by atoms with van der Waals surface area (Å²) in [6.07, 6.45) is 2.11. The Morgan fingerprint density at radius 1 is 1.35 bits per heavy atom. The highest BCUT2D eigenvalue weighted by Gasteiger charge is 2.28. The topological polar surface area (TPSA) is 29.5 Å². The summed E-state index contributed by atoms with van der Waals surface area (Å²) < 4.78 is 4.88. The van der Waals surface area contributed by atoms with Gasteiger partial charge in [0.05, 0.1) is 13.0 Å². The van der Waals surface area contributed by atoms with E-state index in [0.29, 0.717) is 6.54 Å². The minimum atomic E-state index is -0.179. The van der Waals surface area contributed by atoms with E-state index in [9.17, 15) is 4.79 Å². The number of nitrogens with zero attached hydrogens (tertiary/aromatic N) is 1. The zero-order chi connectivity index (χ0) is 12.3. The molecule has 1 aromatic carbocycles. The molecule has 3 heteroatoms. The first-order chi connectivity index (χ1) is 8.22. The van der Waals surface area contributed by atoms with Crippen LogP contribution in [-0.2, 0) is 9.53 Å². The lowest BCUT2D eigenvalue weighted by atomic mass is 9.89. The van der Waals surface area contributed by atoms with Crippen molar-refractivity contribution in [1.29, 1.82) is 0 Å². The first kappa shape index (κ1) is 11.9. The molecule has 3 nitrogen and oxygen atoms in total. The molecule has 1 unspecified atom stereocenters.